The number of carbonyl (C=O) groups excluding carboxylic acids is 3. The molecule has 0 saturated heterocycles. The Hall–Kier alpha value is -1.81. The van der Waals surface area contributed by atoms with Gasteiger partial charge in [-0.3, -0.25) is 19.2 Å². The fraction of sp³-hybridized carbons (Fsp3) is 0.750. The van der Waals surface area contributed by atoms with E-state index in [1.165, 1.54) is 0 Å². The van der Waals surface area contributed by atoms with Gasteiger partial charge in [0, 0.05) is 5.75 Å². The van der Waals surface area contributed by atoms with E-state index >= 15 is 0 Å². The molecular formula is C16H30N4O5S. The molecule has 0 aliphatic rings. The average Bonchev–Trinajstić information content (AvgIpc) is 2.53. The molecule has 0 aliphatic carbocycles. The first kappa shape index (κ1) is 24.2. The SMILES string of the molecule is CC(C)CC(N)C(=O)NC(C(=O)NC(CS)C(=O)NCC(=O)O)C(C)C. The first-order chi connectivity index (χ1) is 12.0. The van der Waals surface area contributed by atoms with Gasteiger partial charge in [0.1, 0.15) is 18.6 Å². The van der Waals surface area contributed by atoms with Gasteiger partial charge in [0.15, 0.2) is 0 Å². The highest BCUT2D eigenvalue weighted by atomic mass is 32.1. The third-order valence-corrected chi connectivity index (χ3v) is 3.90. The molecule has 0 heterocycles. The summed E-state index contributed by atoms with van der Waals surface area (Å²) < 4.78 is 0. The van der Waals surface area contributed by atoms with Crippen LogP contribution in [0.1, 0.15) is 34.1 Å². The van der Waals surface area contributed by atoms with Crippen LogP contribution in [0, 0.1) is 11.8 Å². The maximum atomic E-state index is 12.5. The van der Waals surface area contributed by atoms with Crippen molar-refractivity contribution in [3.63, 3.8) is 0 Å². The highest BCUT2D eigenvalue weighted by Gasteiger charge is 2.29. The Morgan fingerprint density at radius 1 is 1.00 bits per heavy atom. The molecule has 0 aromatic rings. The van der Waals surface area contributed by atoms with Gasteiger partial charge in [-0.05, 0) is 18.3 Å². The Morgan fingerprint density at radius 2 is 1.58 bits per heavy atom. The number of nitrogens with one attached hydrogen (secondary N) is 3. The Kier molecular flexibility index (Phi) is 10.9. The number of amides is 3. The fourth-order valence-electron chi connectivity index (χ4n) is 2.15. The maximum Gasteiger partial charge on any atom is 0.322 e. The molecule has 0 rings (SSSR count). The largest absolute Gasteiger partial charge is 0.480 e. The molecule has 3 atom stereocenters. The van der Waals surface area contributed by atoms with Gasteiger partial charge in [0.25, 0.3) is 0 Å². The molecule has 9 nitrogen and oxygen atoms in total. The summed E-state index contributed by atoms with van der Waals surface area (Å²) in [6.45, 7) is 6.81. The van der Waals surface area contributed by atoms with Gasteiger partial charge in [-0.1, -0.05) is 27.7 Å². The number of thiol groups is 1. The minimum atomic E-state index is -1.20. The Balaban J connectivity index is 4.92. The summed E-state index contributed by atoms with van der Waals surface area (Å²) >= 11 is 4.00. The van der Waals surface area contributed by atoms with Crippen molar-refractivity contribution in [3.8, 4) is 0 Å². The lowest BCUT2D eigenvalue weighted by atomic mass is 10.00. The lowest BCUT2D eigenvalue weighted by molar-refractivity contribution is -0.138. The highest BCUT2D eigenvalue weighted by molar-refractivity contribution is 7.80. The molecule has 0 aliphatic heterocycles. The molecule has 0 saturated carbocycles. The lowest BCUT2D eigenvalue weighted by Crippen LogP contribution is -2.58. The molecule has 26 heavy (non-hydrogen) atoms. The van der Waals surface area contributed by atoms with Crippen LogP contribution in [-0.4, -0.2) is 59.2 Å². The number of nitrogens with two attached hydrogens (primary N) is 1. The Labute approximate surface area is 159 Å². The monoisotopic (exact) mass is 390 g/mol. The zero-order chi connectivity index (χ0) is 20.4. The normalized spacial score (nSPS) is 14.5. The number of rotatable bonds is 11. The quantitative estimate of drug-likeness (QED) is 0.252. The summed E-state index contributed by atoms with van der Waals surface area (Å²) in [7, 11) is 0. The van der Waals surface area contributed by atoms with Crippen LogP contribution in [0.25, 0.3) is 0 Å². The van der Waals surface area contributed by atoms with E-state index in [9.17, 15) is 19.2 Å². The van der Waals surface area contributed by atoms with Crippen LogP contribution in [-0.2, 0) is 19.2 Å². The van der Waals surface area contributed by atoms with E-state index in [0.717, 1.165) is 0 Å². The van der Waals surface area contributed by atoms with Crippen molar-refractivity contribution in [1.82, 2.24) is 16.0 Å². The maximum absolute atomic E-state index is 12.5. The Bertz CT molecular complexity index is 513. The zero-order valence-electron chi connectivity index (χ0n) is 15.6. The number of hydrogen-bond donors (Lipinski definition) is 6. The lowest BCUT2D eigenvalue weighted by Gasteiger charge is -2.26. The summed E-state index contributed by atoms with van der Waals surface area (Å²) in [5, 5.41) is 15.9. The van der Waals surface area contributed by atoms with E-state index in [2.05, 4.69) is 28.6 Å². The number of carbonyl (C=O) groups is 4. The van der Waals surface area contributed by atoms with Gasteiger partial charge < -0.3 is 26.8 Å². The zero-order valence-corrected chi connectivity index (χ0v) is 16.5. The van der Waals surface area contributed by atoms with Crippen LogP contribution in [0.2, 0.25) is 0 Å². The van der Waals surface area contributed by atoms with Crippen molar-refractivity contribution in [3.05, 3.63) is 0 Å². The van der Waals surface area contributed by atoms with Crippen LogP contribution in [0.3, 0.4) is 0 Å². The van der Waals surface area contributed by atoms with Gasteiger partial charge in [0.2, 0.25) is 17.7 Å². The second kappa shape index (κ2) is 11.7. The van der Waals surface area contributed by atoms with Gasteiger partial charge in [-0.15, -0.1) is 0 Å². The van der Waals surface area contributed by atoms with Crippen molar-refractivity contribution in [1.29, 1.82) is 0 Å². The van der Waals surface area contributed by atoms with Gasteiger partial charge in [-0.2, -0.15) is 12.6 Å². The molecule has 6 N–H and O–H groups in total. The van der Waals surface area contributed by atoms with Crippen LogP contribution in [0.4, 0.5) is 0 Å². The van der Waals surface area contributed by atoms with E-state index in [1.807, 2.05) is 13.8 Å². The van der Waals surface area contributed by atoms with Crippen molar-refractivity contribution in [2.75, 3.05) is 12.3 Å². The molecule has 0 radical (unpaired) electrons. The first-order valence-corrected chi connectivity index (χ1v) is 9.09. The third kappa shape index (κ3) is 9.04. The Morgan fingerprint density at radius 3 is 2.00 bits per heavy atom. The molecule has 150 valence electrons. The molecule has 0 spiro atoms. The fourth-order valence-corrected chi connectivity index (χ4v) is 2.41. The van der Waals surface area contributed by atoms with Gasteiger partial charge in [0.05, 0.1) is 6.04 Å². The first-order valence-electron chi connectivity index (χ1n) is 8.46. The summed E-state index contributed by atoms with van der Waals surface area (Å²) in [5.74, 6) is -2.90. The predicted molar refractivity (Wildman–Crippen MR) is 101 cm³/mol. The number of hydrogen-bond acceptors (Lipinski definition) is 6. The summed E-state index contributed by atoms with van der Waals surface area (Å²) in [4.78, 5) is 47.1. The minimum Gasteiger partial charge on any atom is -0.480 e. The minimum absolute atomic E-state index is 0.0250. The molecule has 0 aromatic heterocycles. The van der Waals surface area contributed by atoms with Crippen molar-refractivity contribution >= 4 is 36.3 Å². The van der Waals surface area contributed by atoms with E-state index < -0.39 is 48.4 Å². The summed E-state index contributed by atoms with van der Waals surface area (Å²) in [6.07, 6.45) is 0.481. The van der Waals surface area contributed by atoms with Gasteiger partial charge in [-0.25, -0.2) is 0 Å². The summed E-state index contributed by atoms with van der Waals surface area (Å²) in [5.41, 5.74) is 5.83. The number of carboxylic acids is 1. The second-order valence-electron chi connectivity index (χ2n) is 6.82. The van der Waals surface area contributed by atoms with Crippen molar-refractivity contribution in [2.24, 2.45) is 17.6 Å². The molecule has 3 amide bonds. The number of aliphatic carboxylic acids is 1. The van der Waals surface area contributed by atoms with E-state index in [4.69, 9.17) is 10.8 Å². The standard InChI is InChI=1S/C16H30N4O5S/c1-8(2)5-10(17)14(23)20-13(9(3)4)16(25)19-11(7-26)15(24)18-6-12(21)22/h8-11,13,26H,5-7,17H2,1-4H3,(H,18,24)(H,19,25)(H,20,23)(H,21,22). The predicted octanol–water partition coefficient (Wildman–Crippen LogP) is -0.884. The van der Waals surface area contributed by atoms with Crippen molar-refractivity contribution in [2.45, 2.75) is 52.2 Å². The molecule has 3 unspecified atom stereocenters. The average molecular weight is 391 g/mol. The molecular weight excluding hydrogens is 360 g/mol. The van der Waals surface area contributed by atoms with E-state index in [0.29, 0.717) is 6.42 Å². The van der Waals surface area contributed by atoms with Crippen molar-refractivity contribution < 1.29 is 24.3 Å². The van der Waals surface area contributed by atoms with Crippen LogP contribution in [0.15, 0.2) is 0 Å². The van der Waals surface area contributed by atoms with Crippen LogP contribution in [0.5, 0.6) is 0 Å². The molecule has 0 fully saturated rings. The highest BCUT2D eigenvalue weighted by Crippen LogP contribution is 2.07. The van der Waals surface area contributed by atoms with E-state index in [1.54, 1.807) is 13.8 Å². The van der Waals surface area contributed by atoms with Crippen LogP contribution >= 0.6 is 12.6 Å². The smallest absolute Gasteiger partial charge is 0.322 e. The molecule has 0 bridgehead atoms. The molecule has 0 aromatic carbocycles. The second-order valence-corrected chi connectivity index (χ2v) is 7.19. The molecule has 10 heteroatoms. The summed E-state index contributed by atoms with van der Waals surface area (Å²) in [6, 6.07) is -2.63. The van der Waals surface area contributed by atoms with Crippen LogP contribution < -0.4 is 21.7 Å². The van der Waals surface area contributed by atoms with Gasteiger partial charge >= 0.3 is 5.97 Å². The van der Waals surface area contributed by atoms with E-state index in [-0.39, 0.29) is 17.6 Å². The third-order valence-electron chi connectivity index (χ3n) is 3.54. The topological polar surface area (TPSA) is 151 Å². The number of carboxylic acid groups (broad SMARTS) is 1.